The second-order valence-electron chi connectivity index (χ2n) is 7.80. The lowest BCUT2D eigenvalue weighted by Crippen LogP contribution is -2.58. The molecule has 0 spiro atoms. The van der Waals surface area contributed by atoms with Crippen LogP contribution >= 0.6 is 0 Å². The van der Waals surface area contributed by atoms with E-state index in [1.165, 1.54) is 0 Å². The van der Waals surface area contributed by atoms with Gasteiger partial charge in [-0.15, -0.1) is 0 Å². The van der Waals surface area contributed by atoms with E-state index < -0.39 is 17.4 Å². The summed E-state index contributed by atoms with van der Waals surface area (Å²) in [5, 5.41) is 9.46. The van der Waals surface area contributed by atoms with Gasteiger partial charge in [-0.25, -0.2) is 0 Å². The van der Waals surface area contributed by atoms with Crippen molar-refractivity contribution in [1.29, 1.82) is 0 Å². The van der Waals surface area contributed by atoms with Crippen molar-refractivity contribution in [2.24, 2.45) is 5.92 Å². The van der Waals surface area contributed by atoms with Crippen molar-refractivity contribution in [2.45, 2.75) is 89.6 Å². The van der Waals surface area contributed by atoms with Crippen LogP contribution in [0.3, 0.4) is 0 Å². The van der Waals surface area contributed by atoms with Crippen molar-refractivity contribution in [2.75, 3.05) is 13.2 Å². The zero-order valence-corrected chi connectivity index (χ0v) is 14.8. The maximum atomic E-state index is 9.46. The molecule has 0 aromatic carbocycles. The fourth-order valence-corrected chi connectivity index (χ4v) is 3.89. The van der Waals surface area contributed by atoms with Crippen molar-refractivity contribution in [3.8, 4) is 0 Å². The second-order valence-corrected chi connectivity index (χ2v) is 7.80. The van der Waals surface area contributed by atoms with Crippen LogP contribution in [-0.2, 0) is 23.7 Å². The quantitative estimate of drug-likeness (QED) is 0.833. The van der Waals surface area contributed by atoms with Crippen LogP contribution < -0.4 is 0 Å². The van der Waals surface area contributed by atoms with Gasteiger partial charge in [0.1, 0.15) is 18.3 Å². The molecule has 3 aliphatic heterocycles. The summed E-state index contributed by atoms with van der Waals surface area (Å²) in [6.07, 6.45) is 1.77. The van der Waals surface area contributed by atoms with Crippen LogP contribution in [0.15, 0.2) is 0 Å². The lowest BCUT2D eigenvalue weighted by atomic mass is 9.90. The van der Waals surface area contributed by atoms with E-state index in [0.717, 1.165) is 12.8 Å². The molecular formula is C17H30O6. The number of hydrogen-bond donors (Lipinski definition) is 1. The van der Waals surface area contributed by atoms with Crippen LogP contribution in [0.5, 0.6) is 0 Å². The molecule has 5 atom stereocenters. The zero-order chi connectivity index (χ0) is 16.9. The minimum Gasteiger partial charge on any atom is -0.396 e. The summed E-state index contributed by atoms with van der Waals surface area (Å²) in [4.78, 5) is 0. The highest BCUT2D eigenvalue weighted by Crippen LogP contribution is 2.49. The minimum atomic E-state index is -0.822. The first-order valence-corrected chi connectivity index (χ1v) is 8.69. The van der Waals surface area contributed by atoms with Gasteiger partial charge < -0.3 is 28.8 Å². The molecule has 0 aromatic heterocycles. The minimum absolute atomic E-state index is 0.138. The van der Waals surface area contributed by atoms with E-state index in [-0.39, 0.29) is 30.8 Å². The summed E-state index contributed by atoms with van der Waals surface area (Å²) in [5.74, 6) is -1.94. The van der Waals surface area contributed by atoms with Gasteiger partial charge in [0, 0.05) is 13.0 Å². The van der Waals surface area contributed by atoms with E-state index in [2.05, 4.69) is 6.92 Å². The Bertz CT molecular complexity index is 433. The van der Waals surface area contributed by atoms with E-state index >= 15 is 0 Å². The molecule has 6 nitrogen and oxygen atoms in total. The number of aliphatic hydroxyl groups is 1. The standard InChI is InChI=1S/C17H30O6/c1-6-11(9-18)7-8-17-14(22-16(4,5)23-17)13-12(10-19-17)20-15(2,3)21-13/h11-14,18H,6-10H2,1-5H3/t11?,12-,13-,14+,17+/m1/s1. The molecule has 0 bridgehead atoms. The van der Waals surface area contributed by atoms with Gasteiger partial charge in [0.15, 0.2) is 11.6 Å². The highest BCUT2D eigenvalue weighted by atomic mass is 16.9. The summed E-state index contributed by atoms with van der Waals surface area (Å²) >= 11 is 0. The Morgan fingerprint density at radius 2 is 1.83 bits per heavy atom. The summed E-state index contributed by atoms with van der Waals surface area (Å²) in [6.45, 7) is 10.3. The molecule has 0 saturated carbocycles. The third kappa shape index (κ3) is 3.30. The van der Waals surface area contributed by atoms with Gasteiger partial charge in [-0.05, 0) is 40.0 Å². The predicted octanol–water partition coefficient (Wildman–Crippen LogP) is 2.18. The molecule has 0 aliphatic carbocycles. The maximum Gasteiger partial charge on any atom is 0.200 e. The lowest BCUT2D eigenvalue weighted by Gasteiger charge is -2.41. The van der Waals surface area contributed by atoms with E-state index in [9.17, 15) is 5.11 Å². The highest BCUT2D eigenvalue weighted by Gasteiger charge is 2.64. The zero-order valence-electron chi connectivity index (χ0n) is 14.8. The van der Waals surface area contributed by atoms with Crippen molar-refractivity contribution >= 4 is 0 Å². The Kier molecular flexibility index (Phi) is 4.53. The van der Waals surface area contributed by atoms with Gasteiger partial charge in [-0.2, -0.15) is 0 Å². The first-order valence-electron chi connectivity index (χ1n) is 8.69. The van der Waals surface area contributed by atoms with Crippen molar-refractivity contribution in [1.82, 2.24) is 0 Å². The normalized spacial score (nSPS) is 42.3. The summed E-state index contributed by atoms with van der Waals surface area (Å²) in [5.41, 5.74) is 0. The van der Waals surface area contributed by atoms with Crippen LogP contribution in [0.25, 0.3) is 0 Å². The van der Waals surface area contributed by atoms with Crippen LogP contribution in [0, 0.1) is 5.92 Å². The predicted molar refractivity (Wildman–Crippen MR) is 82.6 cm³/mol. The SMILES string of the molecule is CCC(CO)CC[C@@]12OC[C@H]3OC(C)(C)O[C@H]3[C@@H]1OC(C)(C)O2. The first kappa shape index (κ1) is 17.6. The largest absolute Gasteiger partial charge is 0.396 e. The van der Waals surface area contributed by atoms with E-state index in [1.807, 2.05) is 27.7 Å². The monoisotopic (exact) mass is 330 g/mol. The molecular weight excluding hydrogens is 300 g/mol. The number of fused-ring (bicyclic) bond motifs is 3. The average Bonchev–Trinajstić information content (AvgIpc) is 2.91. The molecule has 0 radical (unpaired) electrons. The fourth-order valence-electron chi connectivity index (χ4n) is 3.89. The third-order valence-corrected chi connectivity index (χ3v) is 5.01. The molecule has 3 rings (SSSR count). The van der Waals surface area contributed by atoms with Gasteiger partial charge in [-0.3, -0.25) is 0 Å². The second kappa shape index (κ2) is 5.93. The molecule has 1 N–H and O–H groups in total. The van der Waals surface area contributed by atoms with Gasteiger partial charge in [0.2, 0.25) is 5.79 Å². The van der Waals surface area contributed by atoms with Gasteiger partial charge in [0.25, 0.3) is 0 Å². The van der Waals surface area contributed by atoms with Crippen molar-refractivity contribution in [3.63, 3.8) is 0 Å². The summed E-state index contributed by atoms with van der Waals surface area (Å²) < 4.78 is 30.5. The summed E-state index contributed by atoms with van der Waals surface area (Å²) in [6, 6.07) is 0. The van der Waals surface area contributed by atoms with E-state index in [0.29, 0.717) is 13.0 Å². The molecule has 3 saturated heterocycles. The number of rotatable bonds is 5. The number of aliphatic hydroxyl groups excluding tert-OH is 1. The Balaban J connectivity index is 1.79. The lowest BCUT2D eigenvalue weighted by molar-refractivity contribution is -0.285. The van der Waals surface area contributed by atoms with Gasteiger partial charge >= 0.3 is 0 Å². The molecule has 134 valence electrons. The van der Waals surface area contributed by atoms with E-state index in [4.69, 9.17) is 23.7 Å². The molecule has 0 aromatic rings. The van der Waals surface area contributed by atoms with Gasteiger partial charge in [0.05, 0.1) is 6.61 Å². The maximum absolute atomic E-state index is 9.46. The fraction of sp³-hybridized carbons (Fsp3) is 1.00. The number of hydrogen-bond acceptors (Lipinski definition) is 6. The average molecular weight is 330 g/mol. The molecule has 3 fully saturated rings. The topological polar surface area (TPSA) is 66.4 Å². The van der Waals surface area contributed by atoms with E-state index in [1.54, 1.807) is 0 Å². The van der Waals surface area contributed by atoms with Crippen molar-refractivity contribution < 1.29 is 28.8 Å². The molecule has 0 amide bonds. The third-order valence-electron chi connectivity index (χ3n) is 5.01. The Labute approximate surface area is 138 Å². The smallest absolute Gasteiger partial charge is 0.200 e. The number of ether oxygens (including phenoxy) is 5. The first-order chi connectivity index (χ1) is 10.7. The van der Waals surface area contributed by atoms with Crippen LogP contribution in [0.4, 0.5) is 0 Å². The summed E-state index contributed by atoms with van der Waals surface area (Å²) in [7, 11) is 0. The Hall–Kier alpha value is -0.240. The molecule has 1 unspecified atom stereocenters. The molecule has 3 heterocycles. The Morgan fingerprint density at radius 1 is 1.09 bits per heavy atom. The Morgan fingerprint density at radius 3 is 2.48 bits per heavy atom. The molecule has 23 heavy (non-hydrogen) atoms. The van der Waals surface area contributed by atoms with Crippen LogP contribution in [0.2, 0.25) is 0 Å². The van der Waals surface area contributed by atoms with Gasteiger partial charge in [-0.1, -0.05) is 13.3 Å². The molecule has 6 heteroatoms. The van der Waals surface area contributed by atoms with Crippen LogP contribution in [0.1, 0.15) is 53.9 Å². The molecule has 3 aliphatic rings. The highest BCUT2D eigenvalue weighted by molar-refractivity contribution is 5.03. The van der Waals surface area contributed by atoms with Crippen LogP contribution in [-0.4, -0.2) is 54.0 Å². The van der Waals surface area contributed by atoms with Crippen molar-refractivity contribution in [3.05, 3.63) is 0 Å².